The van der Waals surface area contributed by atoms with Crippen LogP contribution in [0.25, 0.3) is 10.8 Å². The minimum absolute atomic E-state index is 0.00310. The molecule has 28 heavy (non-hydrogen) atoms. The first-order chi connectivity index (χ1) is 13.5. The molecule has 0 heterocycles. The molecule has 3 aromatic rings. The van der Waals surface area contributed by atoms with Crippen LogP contribution in [0.1, 0.15) is 28.8 Å². The standard InChI is InChI=1S/C23H21NO4/c1-16-6-10-20(11-7-16)24-22(26)12-13-23(27)28-15-21(25)19-9-8-17-4-2-3-5-18(17)14-19/h2-11,14H,12-13,15H2,1H3,(H,24,26). The maximum Gasteiger partial charge on any atom is 0.306 e. The molecule has 1 N–H and O–H groups in total. The first-order valence-electron chi connectivity index (χ1n) is 9.05. The summed E-state index contributed by atoms with van der Waals surface area (Å²) in [6.45, 7) is 1.62. The van der Waals surface area contributed by atoms with Crippen LogP contribution < -0.4 is 5.32 Å². The van der Waals surface area contributed by atoms with Gasteiger partial charge in [-0.05, 0) is 35.9 Å². The number of Topliss-reactive ketones (excluding diaryl/α,β-unsaturated/α-hetero) is 1. The molecule has 3 aromatic carbocycles. The van der Waals surface area contributed by atoms with E-state index in [1.807, 2.05) is 49.4 Å². The number of amides is 1. The van der Waals surface area contributed by atoms with Gasteiger partial charge in [0.2, 0.25) is 5.91 Å². The molecule has 0 saturated carbocycles. The lowest BCUT2D eigenvalue weighted by Crippen LogP contribution is -2.17. The molecule has 0 aliphatic rings. The van der Waals surface area contributed by atoms with Crippen LogP contribution in [-0.4, -0.2) is 24.3 Å². The zero-order valence-electron chi connectivity index (χ0n) is 15.6. The number of nitrogens with one attached hydrogen (secondary N) is 1. The summed E-state index contributed by atoms with van der Waals surface area (Å²) in [6.07, 6.45) is -0.0838. The maximum atomic E-state index is 12.2. The first-order valence-corrected chi connectivity index (χ1v) is 9.05. The Hall–Kier alpha value is -3.47. The summed E-state index contributed by atoms with van der Waals surface area (Å²) in [4.78, 5) is 36.0. The molecule has 0 radical (unpaired) electrons. The van der Waals surface area contributed by atoms with Gasteiger partial charge in [0.1, 0.15) is 0 Å². The van der Waals surface area contributed by atoms with Crippen LogP contribution in [0.15, 0.2) is 66.7 Å². The average Bonchev–Trinajstić information content (AvgIpc) is 2.71. The zero-order chi connectivity index (χ0) is 19.9. The SMILES string of the molecule is Cc1ccc(NC(=O)CCC(=O)OCC(=O)c2ccc3ccccc3c2)cc1. The molecule has 0 spiro atoms. The predicted molar refractivity (Wildman–Crippen MR) is 108 cm³/mol. The molecule has 0 fully saturated rings. The number of hydrogen-bond acceptors (Lipinski definition) is 4. The summed E-state index contributed by atoms with van der Waals surface area (Å²) in [5, 5.41) is 4.71. The van der Waals surface area contributed by atoms with Crippen molar-refractivity contribution in [3.63, 3.8) is 0 Å². The average molecular weight is 375 g/mol. The van der Waals surface area contributed by atoms with Crippen molar-refractivity contribution in [2.45, 2.75) is 19.8 Å². The van der Waals surface area contributed by atoms with Crippen LogP contribution in [0.5, 0.6) is 0 Å². The highest BCUT2D eigenvalue weighted by Crippen LogP contribution is 2.16. The summed E-state index contributed by atoms with van der Waals surface area (Å²) < 4.78 is 5.02. The molecule has 3 rings (SSSR count). The lowest BCUT2D eigenvalue weighted by molar-refractivity contribution is -0.143. The second-order valence-electron chi connectivity index (χ2n) is 6.56. The van der Waals surface area contributed by atoms with Gasteiger partial charge in [0.25, 0.3) is 0 Å². The van der Waals surface area contributed by atoms with Gasteiger partial charge in [0.15, 0.2) is 12.4 Å². The molecule has 0 aliphatic heterocycles. The van der Waals surface area contributed by atoms with Gasteiger partial charge in [-0.1, -0.05) is 54.1 Å². The highest BCUT2D eigenvalue weighted by Gasteiger charge is 2.12. The number of ether oxygens (including phenoxy) is 1. The lowest BCUT2D eigenvalue weighted by Gasteiger charge is -2.07. The van der Waals surface area contributed by atoms with Crippen molar-refractivity contribution in [1.82, 2.24) is 0 Å². The van der Waals surface area contributed by atoms with Gasteiger partial charge < -0.3 is 10.1 Å². The van der Waals surface area contributed by atoms with E-state index < -0.39 is 5.97 Å². The van der Waals surface area contributed by atoms with Crippen LogP contribution in [0.3, 0.4) is 0 Å². The summed E-state index contributed by atoms with van der Waals surface area (Å²) in [6, 6.07) is 20.5. The maximum absolute atomic E-state index is 12.2. The van der Waals surface area contributed by atoms with Gasteiger partial charge in [-0.2, -0.15) is 0 Å². The van der Waals surface area contributed by atoms with Gasteiger partial charge in [-0.25, -0.2) is 0 Å². The quantitative estimate of drug-likeness (QED) is 0.494. The lowest BCUT2D eigenvalue weighted by atomic mass is 10.0. The van der Waals surface area contributed by atoms with Crippen molar-refractivity contribution in [2.75, 3.05) is 11.9 Å². The van der Waals surface area contributed by atoms with Crippen LogP contribution in [0.2, 0.25) is 0 Å². The largest absolute Gasteiger partial charge is 0.457 e. The molecular formula is C23H21NO4. The van der Waals surface area contributed by atoms with Gasteiger partial charge >= 0.3 is 5.97 Å². The Bertz CT molecular complexity index is 1010. The third-order valence-corrected chi connectivity index (χ3v) is 4.33. The Kier molecular flexibility index (Phi) is 6.17. The topological polar surface area (TPSA) is 72.5 Å². The first kappa shape index (κ1) is 19.3. The second kappa shape index (κ2) is 8.95. The Morgan fingerprint density at radius 1 is 0.857 bits per heavy atom. The third-order valence-electron chi connectivity index (χ3n) is 4.33. The zero-order valence-corrected chi connectivity index (χ0v) is 15.6. The molecule has 1 amide bonds. The minimum Gasteiger partial charge on any atom is -0.457 e. The van der Waals surface area contributed by atoms with E-state index in [0.717, 1.165) is 16.3 Å². The van der Waals surface area contributed by atoms with E-state index in [1.54, 1.807) is 24.3 Å². The number of anilines is 1. The number of carbonyl (C=O) groups excluding carboxylic acids is 3. The molecule has 0 aliphatic carbocycles. The van der Waals surface area contributed by atoms with Crippen LogP contribution in [-0.2, 0) is 14.3 Å². The molecule has 5 nitrogen and oxygen atoms in total. The number of benzene rings is 3. The number of carbonyl (C=O) groups is 3. The number of hydrogen-bond donors (Lipinski definition) is 1. The van der Waals surface area contributed by atoms with E-state index in [0.29, 0.717) is 11.3 Å². The highest BCUT2D eigenvalue weighted by molar-refractivity contribution is 6.01. The fourth-order valence-electron chi connectivity index (χ4n) is 2.74. The highest BCUT2D eigenvalue weighted by atomic mass is 16.5. The van der Waals surface area contributed by atoms with Crippen molar-refractivity contribution in [1.29, 1.82) is 0 Å². The summed E-state index contributed by atoms with van der Waals surface area (Å²) in [5.74, 6) is -1.13. The van der Waals surface area contributed by atoms with Crippen molar-refractivity contribution in [2.24, 2.45) is 0 Å². The Balaban J connectivity index is 1.44. The molecule has 142 valence electrons. The van der Waals surface area contributed by atoms with Crippen LogP contribution >= 0.6 is 0 Å². The normalized spacial score (nSPS) is 10.5. The molecule has 5 heteroatoms. The Morgan fingerprint density at radius 2 is 1.57 bits per heavy atom. The van der Waals surface area contributed by atoms with Crippen molar-refractivity contribution >= 4 is 34.1 Å². The van der Waals surface area contributed by atoms with Crippen molar-refractivity contribution in [3.8, 4) is 0 Å². The number of esters is 1. The van der Waals surface area contributed by atoms with Crippen molar-refractivity contribution in [3.05, 3.63) is 77.9 Å². The van der Waals surface area contributed by atoms with Crippen LogP contribution in [0.4, 0.5) is 5.69 Å². The van der Waals surface area contributed by atoms with Gasteiger partial charge in [0, 0.05) is 17.7 Å². The number of rotatable bonds is 7. The van der Waals surface area contributed by atoms with Gasteiger partial charge in [-0.15, -0.1) is 0 Å². The van der Waals surface area contributed by atoms with E-state index in [9.17, 15) is 14.4 Å². The number of fused-ring (bicyclic) bond motifs is 1. The smallest absolute Gasteiger partial charge is 0.306 e. The molecule has 0 bridgehead atoms. The second-order valence-corrected chi connectivity index (χ2v) is 6.56. The van der Waals surface area contributed by atoms with E-state index in [2.05, 4.69) is 5.32 Å². The van der Waals surface area contributed by atoms with E-state index in [-0.39, 0.29) is 31.1 Å². The number of aryl methyl sites for hydroxylation is 1. The van der Waals surface area contributed by atoms with Crippen molar-refractivity contribution < 1.29 is 19.1 Å². The summed E-state index contributed by atoms with van der Waals surface area (Å²) in [7, 11) is 0. The molecule has 0 aromatic heterocycles. The number of ketones is 1. The third kappa shape index (κ3) is 5.27. The van der Waals surface area contributed by atoms with E-state index >= 15 is 0 Å². The summed E-state index contributed by atoms with van der Waals surface area (Å²) >= 11 is 0. The van der Waals surface area contributed by atoms with E-state index in [1.165, 1.54) is 0 Å². The predicted octanol–water partition coefficient (Wildman–Crippen LogP) is 4.29. The molecule has 0 saturated heterocycles. The minimum atomic E-state index is -0.576. The Morgan fingerprint density at radius 3 is 2.32 bits per heavy atom. The fraction of sp³-hybridized carbons (Fsp3) is 0.174. The van der Waals surface area contributed by atoms with Gasteiger partial charge in [-0.3, -0.25) is 14.4 Å². The van der Waals surface area contributed by atoms with Crippen LogP contribution in [0, 0.1) is 6.92 Å². The van der Waals surface area contributed by atoms with Gasteiger partial charge in [0.05, 0.1) is 6.42 Å². The van der Waals surface area contributed by atoms with E-state index in [4.69, 9.17) is 4.74 Å². The molecule has 0 unspecified atom stereocenters. The molecular weight excluding hydrogens is 354 g/mol. The summed E-state index contributed by atoms with van der Waals surface area (Å²) in [5.41, 5.74) is 2.26. The fourth-order valence-corrected chi connectivity index (χ4v) is 2.74. The Labute approximate surface area is 163 Å². The molecule has 0 atom stereocenters. The monoisotopic (exact) mass is 375 g/mol.